The number of pyridine rings is 1. The summed E-state index contributed by atoms with van der Waals surface area (Å²) >= 11 is 3.24. The molecule has 1 heterocycles. The van der Waals surface area contributed by atoms with E-state index in [0.29, 0.717) is 16.7 Å². The van der Waals surface area contributed by atoms with E-state index in [9.17, 15) is 9.90 Å². The van der Waals surface area contributed by atoms with E-state index >= 15 is 0 Å². The van der Waals surface area contributed by atoms with Crippen molar-refractivity contribution >= 4 is 21.8 Å². The maximum Gasteiger partial charge on any atom is 0.251 e. The van der Waals surface area contributed by atoms with Crippen LogP contribution >= 0.6 is 15.9 Å². The number of carbonyl (C=O) groups excluding carboxylic acids is 1. The second kappa shape index (κ2) is 6.48. The molecule has 0 bridgehead atoms. The predicted molar refractivity (Wildman–Crippen MR) is 76.9 cm³/mol. The number of hydrogen-bond donors (Lipinski definition) is 2. The van der Waals surface area contributed by atoms with Gasteiger partial charge in [0, 0.05) is 18.3 Å². The Bertz CT molecular complexity index is 443. The average molecular weight is 327 g/mol. The van der Waals surface area contributed by atoms with E-state index in [1.54, 1.807) is 18.3 Å². The molecule has 2 N–H and O–H groups in total. The molecular formula is C14H19BrN2O2. The molecule has 1 fully saturated rings. The zero-order valence-electron chi connectivity index (χ0n) is 10.9. The number of nitrogens with one attached hydrogen (secondary N) is 1. The van der Waals surface area contributed by atoms with Gasteiger partial charge in [0.2, 0.25) is 0 Å². The third kappa shape index (κ3) is 4.28. The Kier molecular flexibility index (Phi) is 4.93. The van der Waals surface area contributed by atoms with Crippen LogP contribution in [-0.4, -0.2) is 28.1 Å². The lowest BCUT2D eigenvalue weighted by Gasteiger charge is -2.26. The molecule has 0 radical (unpaired) electrons. The van der Waals surface area contributed by atoms with E-state index in [-0.39, 0.29) is 5.91 Å². The summed E-state index contributed by atoms with van der Waals surface area (Å²) in [6.07, 6.45) is 7.54. The van der Waals surface area contributed by atoms with Gasteiger partial charge in [0.25, 0.3) is 5.91 Å². The van der Waals surface area contributed by atoms with Crippen molar-refractivity contribution in [3.63, 3.8) is 0 Å². The van der Waals surface area contributed by atoms with Crippen molar-refractivity contribution in [2.75, 3.05) is 6.54 Å². The van der Waals surface area contributed by atoms with Crippen molar-refractivity contribution < 1.29 is 9.90 Å². The summed E-state index contributed by atoms with van der Waals surface area (Å²) in [4.78, 5) is 16.0. The molecule has 5 heteroatoms. The lowest BCUT2D eigenvalue weighted by Crippen LogP contribution is -2.42. The molecule has 1 saturated carbocycles. The lowest BCUT2D eigenvalue weighted by molar-refractivity contribution is 0.0246. The number of carbonyl (C=O) groups is 1. The molecule has 104 valence electrons. The van der Waals surface area contributed by atoms with Crippen LogP contribution in [0, 0.1) is 0 Å². The Morgan fingerprint density at radius 3 is 2.68 bits per heavy atom. The quantitative estimate of drug-likeness (QED) is 0.663. The Morgan fingerprint density at radius 2 is 2.05 bits per heavy atom. The summed E-state index contributed by atoms with van der Waals surface area (Å²) in [5, 5.41) is 13.3. The van der Waals surface area contributed by atoms with Crippen LogP contribution < -0.4 is 5.32 Å². The van der Waals surface area contributed by atoms with Gasteiger partial charge in [-0.1, -0.05) is 25.7 Å². The summed E-state index contributed by atoms with van der Waals surface area (Å²) in [6, 6.07) is 3.34. The van der Waals surface area contributed by atoms with Crippen molar-refractivity contribution in [1.29, 1.82) is 0 Å². The van der Waals surface area contributed by atoms with Gasteiger partial charge in [-0.05, 0) is 40.9 Å². The van der Waals surface area contributed by atoms with Crippen LogP contribution in [0.4, 0.5) is 0 Å². The Balaban J connectivity index is 1.92. The van der Waals surface area contributed by atoms with Crippen molar-refractivity contribution in [1.82, 2.24) is 10.3 Å². The van der Waals surface area contributed by atoms with E-state index in [4.69, 9.17) is 0 Å². The third-order valence-corrected chi connectivity index (χ3v) is 4.03. The van der Waals surface area contributed by atoms with Crippen LogP contribution in [0.15, 0.2) is 22.9 Å². The highest BCUT2D eigenvalue weighted by molar-refractivity contribution is 9.10. The summed E-state index contributed by atoms with van der Waals surface area (Å²) in [5.74, 6) is -0.166. The normalized spacial score (nSPS) is 18.6. The second-order valence-corrected chi connectivity index (χ2v) is 6.00. The second-order valence-electron chi connectivity index (χ2n) is 5.19. The van der Waals surface area contributed by atoms with Crippen molar-refractivity contribution in [2.45, 2.75) is 44.1 Å². The number of hydrogen-bond acceptors (Lipinski definition) is 3. The van der Waals surface area contributed by atoms with Gasteiger partial charge in [0.05, 0.1) is 5.60 Å². The van der Waals surface area contributed by atoms with Crippen molar-refractivity contribution in [3.05, 3.63) is 28.5 Å². The van der Waals surface area contributed by atoms with Crippen LogP contribution in [0.1, 0.15) is 48.9 Å². The smallest absolute Gasteiger partial charge is 0.251 e. The van der Waals surface area contributed by atoms with Gasteiger partial charge in [-0.15, -0.1) is 0 Å². The molecule has 2 rings (SSSR count). The van der Waals surface area contributed by atoms with Gasteiger partial charge in [0.1, 0.15) is 4.60 Å². The van der Waals surface area contributed by atoms with Crippen LogP contribution in [-0.2, 0) is 0 Å². The Labute approximate surface area is 121 Å². The number of rotatable bonds is 3. The summed E-state index contributed by atoms with van der Waals surface area (Å²) in [7, 11) is 0. The molecule has 1 amide bonds. The molecule has 0 unspecified atom stereocenters. The molecule has 0 saturated heterocycles. The summed E-state index contributed by atoms with van der Waals surface area (Å²) in [5.41, 5.74) is -0.185. The van der Waals surface area contributed by atoms with E-state index in [2.05, 4.69) is 26.2 Å². The first kappa shape index (κ1) is 14.5. The van der Waals surface area contributed by atoms with Gasteiger partial charge >= 0.3 is 0 Å². The zero-order chi connectivity index (χ0) is 13.7. The van der Waals surface area contributed by atoms with E-state index in [0.717, 1.165) is 25.7 Å². The molecule has 1 aliphatic carbocycles. The minimum absolute atomic E-state index is 0.166. The molecule has 0 atom stereocenters. The minimum atomic E-state index is -0.740. The number of amides is 1. The Hall–Kier alpha value is -0.940. The molecule has 1 aromatic heterocycles. The SMILES string of the molecule is O=C(NCC1(O)CCCCCC1)c1ccnc(Br)c1. The maximum atomic E-state index is 12.0. The van der Waals surface area contributed by atoms with E-state index < -0.39 is 5.60 Å². The lowest BCUT2D eigenvalue weighted by atomic mass is 9.94. The van der Waals surface area contributed by atoms with Crippen molar-refractivity contribution in [2.24, 2.45) is 0 Å². The fraction of sp³-hybridized carbons (Fsp3) is 0.571. The topological polar surface area (TPSA) is 62.2 Å². The molecule has 19 heavy (non-hydrogen) atoms. The summed E-state index contributed by atoms with van der Waals surface area (Å²) < 4.78 is 0.633. The molecule has 0 aliphatic heterocycles. The Morgan fingerprint density at radius 1 is 1.37 bits per heavy atom. The number of nitrogens with zero attached hydrogens (tertiary/aromatic N) is 1. The zero-order valence-corrected chi connectivity index (χ0v) is 12.4. The highest BCUT2D eigenvalue weighted by Gasteiger charge is 2.28. The monoisotopic (exact) mass is 326 g/mol. The largest absolute Gasteiger partial charge is 0.388 e. The fourth-order valence-corrected chi connectivity index (χ4v) is 2.82. The standard InChI is InChI=1S/C14H19BrN2O2/c15-12-9-11(5-8-16-12)13(18)17-10-14(19)6-3-1-2-4-7-14/h5,8-9,19H,1-4,6-7,10H2,(H,17,18). The van der Waals surface area contributed by atoms with Crippen LogP contribution in [0.2, 0.25) is 0 Å². The van der Waals surface area contributed by atoms with Gasteiger partial charge in [-0.2, -0.15) is 0 Å². The highest BCUT2D eigenvalue weighted by Crippen LogP contribution is 2.26. The number of aromatic nitrogens is 1. The van der Waals surface area contributed by atoms with E-state index in [1.165, 1.54) is 12.8 Å². The third-order valence-electron chi connectivity index (χ3n) is 3.60. The maximum absolute atomic E-state index is 12.0. The van der Waals surface area contributed by atoms with Gasteiger partial charge in [-0.3, -0.25) is 4.79 Å². The molecule has 0 aromatic carbocycles. The fourth-order valence-electron chi connectivity index (χ4n) is 2.45. The molecule has 0 spiro atoms. The molecule has 1 aliphatic rings. The molecule has 4 nitrogen and oxygen atoms in total. The van der Waals surface area contributed by atoms with Crippen LogP contribution in [0.3, 0.4) is 0 Å². The van der Waals surface area contributed by atoms with Gasteiger partial charge in [0.15, 0.2) is 0 Å². The molecule has 1 aromatic rings. The van der Waals surface area contributed by atoms with Crippen molar-refractivity contribution in [3.8, 4) is 0 Å². The summed E-state index contributed by atoms with van der Waals surface area (Å²) in [6.45, 7) is 0.325. The molecular weight excluding hydrogens is 308 g/mol. The minimum Gasteiger partial charge on any atom is -0.388 e. The van der Waals surface area contributed by atoms with Gasteiger partial charge < -0.3 is 10.4 Å². The first-order valence-corrected chi connectivity index (χ1v) is 7.51. The first-order chi connectivity index (χ1) is 9.09. The highest BCUT2D eigenvalue weighted by atomic mass is 79.9. The van der Waals surface area contributed by atoms with E-state index in [1.807, 2.05) is 0 Å². The predicted octanol–water partition coefficient (Wildman–Crippen LogP) is 2.66. The number of aliphatic hydroxyl groups is 1. The van der Waals surface area contributed by atoms with Gasteiger partial charge in [-0.25, -0.2) is 4.98 Å². The van der Waals surface area contributed by atoms with Crippen LogP contribution in [0.5, 0.6) is 0 Å². The average Bonchev–Trinajstić information content (AvgIpc) is 2.61. The number of halogens is 1. The first-order valence-electron chi connectivity index (χ1n) is 6.71. The van der Waals surface area contributed by atoms with Crippen LogP contribution in [0.25, 0.3) is 0 Å².